The van der Waals surface area contributed by atoms with E-state index in [1.807, 2.05) is 70.2 Å². The first-order chi connectivity index (χ1) is 15.5. The Morgan fingerprint density at radius 2 is 1.64 bits per heavy atom. The summed E-state index contributed by atoms with van der Waals surface area (Å²) in [6.45, 7) is 9.53. The summed E-state index contributed by atoms with van der Waals surface area (Å²) in [5.41, 5.74) is 3.92. The molecule has 2 amide bonds. The van der Waals surface area contributed by atoms with Crippen molar-refractivity contribution in [1.29, 1.82) is 0 Å². The molecule has 0 aliphatic carbocycles. The summed E-state index contributed by atoms with van der Waals surface area (Å²) in [4.78, 5) is 27.7. The molecular formula is C25H35N3O4S. The summed E-state index contributed by atoms with van der Waals surface area (Å²) in [5.74, 6) is -0.709. The lowest BCUT2D eigenvalue weighted by molar-refractivity contribution is -0.139. The second kappa shape index (κ2) is 11.3. The Morgan fingerprint density at radius 3 is 2.18 bits per heavy atom. The van der Waals surface area contributed by atoms with Crippen LogP contribution in [-0.2, 0) is 26.2 Å². The van der Waals surface area contributed by atoms with E-state index in [1.54, 1.807) is 6.92 Å². The Balaban J connectivity index is 2.43. The van der Waals surface area contributed by atoms with Crippen LogP contribution in [0.15, 0.2) is 42.5 Å². The Bertz CT molecular complexity index is 1080. The second-order valence-electron chi connectivity index (χ2n) is 8.49. The summed E-state index contributed by atoms with van der Waals surface area (Å²) >= 11 is 0. The van der Waals surface area contributed by atoms with E-state index in [2.05, 4.69) is 5.32 Å². The minimum absolute atomic E-state index is 0.200. The molecule has 0 fully saturated rings. The van der Waals surface area contributed by atoms with Gasteiger partial charge in [0, 0.05) is 13.1 Å². The third-order valence-electron chi connectivity index (χ3n) is 5.52. The van der Waals surface area contributed by atoms with Crippen LogP contribution in [-0.4, -0.2) is 50.5 Å². The normalized spacial score (nSPS) is 12.2. The van der Waals surface area contributed by atoms with Crippen molar-refractivity contribution in [2.75, 3.05) is 23.7 Å². The molecule has 180 valence electrons. The molecule has 0 aromatic heterocycles. The number of amides is 2. The van der Waals surface area contributed by atoms with Gasteiger partial charge in [0.2, 0.25) is 21.8 Å². The fourth-order valence-electron chi connectivity index (χ4n) is 3.76. The molecule has 0 aliphatic rings. The highest BCUT2D eigenvalue weighted by atomic mass is 32.2. The number of nitrogens with one attached hydrogen (secondary N) is 1. The van der Waals surface area contributed by atoms with Crippen LogP contribution in [0.5, 0.6) is 0 Å². The summed E-state index contributed by atoms with van der Waals surface area (Å²) < 4.78 is 26.6. The zero-order valence-electron chi connectivity index (χ0n) is 20.4. The standard InChI is InChI=1S/C25H35N3O4S/c1-7-14-26-25(30)21(5)27(16-22-13-8-10-18(2)15-22)23(29)17-28(33(6,31)32)24-19(3)11-9-12-20(24)4/h8-13,15,21H,7,14,16-17H2,1-6H3,(H,26,30)/t21-/m1/s1. The van der Waals surface area contributed by atoms with Gasteiger partial charge >= 0.3 is 0 Å². The zero-order valence-corrected chi connectivity index (χ0v) is 21.2. The van der Waals surface area contributed by atoms with Crippen LogP contribution in [0, 0.1) is 20.8 Å². The van der Waals surface area contributed by atoms with E-state index in [9.17, 15) is 18.0 Å². The van der Waals surface area contributed by atoms with Gasteiger partial charge in [0.15, 0.2) is 0 Å². The van der Waals surface area contributed by atoms with Gasteiger partial charge < -0.3 is 10.2 Å². The minimum atomic E-state index is -3.75. The SMILES string of the molecule is CCCNC(=O)[C@@H](C)N(Cc1cccc(C)c1)C(=O)CN(c1c(C)cccc1C)S(C)(=O)=O. The molecule has 1 N–H and O–H groups in total. The van der Waals surface area contributed by atoms with Gasteiger partial charge in [0.05, 0.1) is 11.9 Å². The van der Waals surface area contributed by atoms with Gasteiger partial charge in [-0.3, -0.25) is 13.9 Å². The van der Waals surface area contributed by atoms with E-state index >= 15 is 0 Å². The average molecular weight is 474 g/mol. The number of para-hydroxylation sites is 1. The topological polar surface area (TPSA) is 86.8 Å². The van der Waals surface area contributed by atoms with Crippen molar-refractivity contribution < 1.29 is 18.0 Å². The number of sulfonamides is 1. The third-order valence-corrected chi connectivity index (χ3v) is 6.63. The molecule has 33 heavy (non-hydrogen) atoms. The van der Waals surface area contributed by atoms with E-state index in [0.29, 0.717) is 12.2 Å². The van der Waals surface area contributed by atoms with E-state index in [-0.39, 0.29) is 19.0 Å². The van der Waals surface area contributed by atoms with Crippen LogP contribution >= 0.6 is 0 Å². The van der Waals surface area contributed by atoms with Gasteiger partial charge in [-0.05, 0) is 50.8 Å². The maximum absolute atomic E-state index is 13.5. The van der Waals surface area contributed by atoms with Crippen LogP contribution in [0.25, 0.3) is 0 Å². The molecule has 0 aliphatic heterocycles. The van der Waals surface area contributed by atoms with Gasteiger partial charge in [-0.15, -0.1) is 0 Å². The number of hydrogen-bond acceptors (Lipinski definition) is 4. The lowest BCUT2D eigenvalue weighted by Gasteiger charge is -2.32. The summed E-state index contributed by atoms with van der Waals surface area (Å²) in [6, 6.07) is 12.4. The molecule has 2 aromatic rings. The third kappa shape index (κ3) is 7.05. The second-order valence-corrected chi connectivity index (χ2v) is 10.4. The molecule has 0 radical (unpaired) electrons. The number of benzene rings is 2. The molecule has 1 atom stereocenters. The predicted octanol–water partition coefficient (Wildman–Crippen LogP) is 3.32. The number of anilines is 1. The monoisotopic (exact) mass is 473 g/mol. The molecule has 2 aromatic carbocycles. The van der Waals surface area contributed by atoms with Gasteiger partial charge in [0.1, 0.15) is 12.6 Å². The van der Waals surface area contributed by atoms with Gasteiger partial charge in [-0.1, -0.05) is 55.0 Å². The maximum atomic E-state index is 13.5. The Kier molecular flexibility index (Phi) is 9.05. The minimum Gasteiger partial charge on any atom is -0.354 e. The van der Waals surface area contributed by atoms with Crippen LogP contribution in [0.1, 0.15) is 42.5 Å². The lowest BCUT2D eigenvalue weighted by atomic mass is 10.1. The first kappa shape index (κ1) is 26.4. The van der Waals surface area contributed by atoms with Crippen molar-refractivity contribution in [3.8, 4) is 0 Å². The molecule has 2 rings (SSSR count). The number of carbonyl (C=O) groups excluding carboxylic acids is 2. The Morgan fingerprint density at radius 1 is 1.03 bits per heavy atom. The van der Waals surface area contributed by atoms with Crippen molar-refractivity contribution in [2.24, 2.45) is 0 Å². The first-order valence-corrected chi connectivity index (χ1v) is 13.0. The van der Waals surface area contributed by atoms with Crippen molar-refractivity contribution in [3.63, 3.8) is 0 Å². The summed E-state index contributed by atoms with van der Waals surface area (Å²) in [7, 11) is -3.75. The maximum Gasteiger partial charge on any atom is 0.244 e. The summed E-state index contributed by atoms with van der Waals surface area (Å²) in [6.07, 6.45) is 1.87. The van der Waals surface area contributed by atoms with Crippen LogP contribution in [0.4, 0.5) is 5.69 Å². The van der Waals surface area contributed by atoms with Gasteiger partial charge in [-0.2, -0.15) is 0 Å². The van der Waals surface area contributed by atoms with Crippen LogP contribution in [0.2, 0.25) is 0 Å². The first-order valence-electron chi connectivity index (χ1n) is 11.1. The molecule has 7 nitrogen and oxygen atoms in total. The fourth-order valence-corrected chi connectivity index (χ4v) is 4.73. The smallest absolute Gasteiger partial charge is 0.244 e. The molecule has 0 saturated heterocycles. The van der Waals surface area contributed by atoms with Crippen molar-refractivity contribution in [3.05, 3.63) is 64.7 Å². The largest absolute Gasteiger partial charge is 0.354 e. The highest BCUT2D eigenvalue weighted by Crippen LogP contribution is 2.27. The quantitative estimate of drug-likeness (QED) is 0.574. The molecular weight excluding hydrogens is 438 g/mol. The van der Waals surface area contributed by atoms with Crippen molar-refractivity contribution in [1.82, 2.24) is 10.2 Å². The van der Waals surface area contributed by atoms with Crippen molar-refractivity contribution >= 4 is 27.5 Å². The molecule has 0 spiro atoms. The lowest BCUT2D eigenvalue weighted by Crippen LogP contribution is -2.51. The molecule has 8 heteroatoms. The van der Waals surface area contributed by atoms with E-state index in [0.717, 1.165) is 39.2 Å². The number of hydrogen-bond donors (Lipinski definition) is 1. The van der Waals surface area contributed by atoms with E-state index in [4.69, 9.17) is 0 Å². The van der Waals surface area contributed by atoms with E-state index < -0.39 is 22.0 Å². The molecule has 0 bridgehead atoms. The number of rotatable bonds is 10. The fraction of sp³-hybridized carbons (Fsp3) is 0.440. The number of carbonyl (C=O) groups is 2. The Hall–Kier alpha value is -2.87. The number of nitrogens with zero attached hydrogens (tertiary/aromatic N) is 2. The Labute approximate surface area is 197 Å². The van der Waals surface area contributed by atoms with Gasteiger partial charge in [0.25, 0.3) is 0 Å². The van der Waals surface area contributed by atoms with E-state index in [1.165, 1.54) is 4.90 Å². The highest BCUT2D eigenvalue weighted by molar-refractivity contribution is 7.92. The molecule has 0 unspecified atom stereocenters. The number of aryl methyl sites for hydroxylation is 3. The molecule has 0 heterocycles. The van der Waals surface area contributed by atoms with Crippen LogP contribution < -0.4 is 9.62 Å². The van der Waals surface area contributed by atoms with Crippen molar-refractivity contribution in [2.45, 2.75) is 53.6 Å². The highest BCUT2D eigenvalue weighted by Gasteiger charge is 2.31. The zero-order chi connectivity index (χ0) is 24.8. The predicted molar refractivity (Wildman–Crippen MR) is 133 cm³/mol. The average Bonchev–Trinajstić information content (AvgIpc) is 2.73. The molecule has 0 saturated carbocycles. The van der Waals surface area contributed by atoms with Gasteiger partial charge in [-0.25, -0.2) is 8.42 Å². The summed E-state index contributed by atoms with van der Waals surface area (Å²) in [5, 5.41) is 2.83. The van der Waals surface area contributed by atoms with Crippen LogP contribution in [0.3, 0.4) is 0 Å².